The van der Waals surface area contributed by atoms with Crippen molar-refractivity contribution in [1.82, 2.24) is 15.5 Å². The van der Waals surface area contributed by atoms with E-state index >= 15 is 0 Å². The summed E-state index contributed by atoms with van der Waals surface area (Å²) >= 11 is 0. The second-order valence-corrected chi connectivity index (χ2v) is 9.10. The van der Waals surface area contributed by atoms with Crippen LogP contribution in [0.15, 0.2) is 54.6 Å². The Morgan fingerprint density at radius 1 is 1.16 bits per heavy atom. The second-order valence-electron chi connectivity index (χ2n) is 9.10. The number of guanidine groups is 1. The average Bonchev–Trinajstić information content (AvgIpc) is 2.70. The van der Waals surface area contributed by atoms with Crippen molar-refractivity contribution in [2.24, 2.45) is 5.92 Å². The summed E-state index contributed by atoms with van der Waals surface area (Å²) in [4.78, 5) is 27.0. The van der Waals surface area contributed by atoms with Gasteiger partial charge in [-0.3, -0.25) is 19.9 Å². The van der Waals surface area contributed by atoms with E-state index < -0.39 is 5.54 Å². The van der Waals surface area contributed by atoms with Gasteiger partial charge in [0.2, 0.25) is 5.91 Å². The number of hydrogen-bond donors (Lipinski definition) is 3. The quantitative estimate of drug-likeness (QED) is 0.626. The van der Waals surface area contributed by atoms with E-state index in [1.807, 2.05) is 56.3 Å². The van der Waals surface area contributed by atoms with Gasteiger partial charge in [-0.05, 0) is 49.4 Å². The van der Waals surface area contributed by atoms with Gasteiger partial charge >= 0.3 is 0 Å². The minimum atomic E-state index is -0.395. The highest BCUT2D eigenvalue weighted by atomic mass is 16.2. The minimum absolute atomic E-state index is 0.0699. The Morgan fingerprint density at radius 2 is 1.87 bits per heavy atom. The van der Waals surface area contributed by atoms with E-state index in [2.05, 4.69) is 24.5 Å². The smallest absolute Gasteiger partial charge is 0.251 e. The van der Waals surface area contributed by atoms with E-state index in [9.17, 15) is 9.59 Å². The molecule has 3 rings (SSSR count). The number of rotatable bonds is 7. The number of benzene rings is 2. The Balaban J connectivity index is 1.67. The number of amides is 2. The highest BCUT2D eigenvalue weighted by molar-refractivity contribution is 5.99. The molecular formula is C25H32N4O2. The lowest BCUT2D eigenvalue weighted by Gasteiger charge is -2.41. The SMILES string of the molecule is CC(C)C[C@]1(C)CC(=O)N(Cc2cccc(C(=O)N[C@@H](C)c3ccccc3)c2)C(=N)N1. The summed E-state index contributed by atoms with van der Waals surface area (Å²) < 4.78 is 0. The van der Waals surface area contributed by atoms with Gasteiger partial charge in [0.15, 0.2) is 5.96 Å². The van der Waals surface area contributed by atoms with Crippen LogP contribution in [0.2, 0.25) is 0 Å². The minimum Gasteiger partial charge on any atom is -0.350 e. The van der Waals surface area contributed by atoms with Crippen LogP contribution in [0.25, 0.3) is 0 Å². The maximum atomic E-state index is 12.8. The van der Waals surface area contributed by atoms with Gasteiger partial charge in [-0.2, -0.15) is 0 Å². The molecule has 0 radical (unpaired) electrons. The molecule has 2 amide bonds. The molecule has 0 saturated carbocycles. The topological polar surface area (TPSA) is 85.3 Å². The molecule has 2 aromatic rings. The van der Waals surface area contributed by atoms with Crippen LogP contribution in [0, 0.1) is 11.3 Å². The van der Waals surface area contributed by atoms with E-state index in [4.69, 9.17) is 5.41 Å². The first-order valence-corrected chi connectivity index (χ1v) is 10.8. The normalized spacial score (nSPS) is 19.8. The van der Waals surface area contributed by atoms with Crippen molar-refractivity contribution in [2.45, 2.75) is 58.7 Å². The summed E-state index contributed by atoms with van der Waals surface area (Å²) in [6, 6.07) is 16.9. The first-order valence-electron chi connectivity index (χ1n) is 10.8. The predicted molar refractivity (Wildman–Crippen MR) is 123 cm³/mol. The molecule has 164 valence electrons. The van der Waals surface area contributed by atoms with E-state index in [0.717, 1.165) is 17.5 Å². The van der Waals surface area contributed by atoms with Gasteiger partial charge in [-0.15, -0.1) is 0 Å². The fourth-order valence-corrected chi connectivity index (χ4v) is 4.24. The molecule has 1 heterocycles. The first-order chi connectivity index (χ1) is 14.7. The highest BCUT2D eigenvalue weighted by Crippen LogP contribution is 2.26. The summed E-state index contributed by atoms with van der Waals surface area (Å²) in [5.74, 6) is 0.311. The summed E-state index contributed by atoms with van der Waals surface area (Å²) in [5.41, 5.74) is 1.99. The largest absolute Gasteiger partial charge is 0.350 e. The maximum Gasteiger partial charge on any atom is 0.251 e. The monoisotopic (exact) mass is 420 g/mol. The third-order valence-corrected chi connectivity index (χ3v) is 5.57. The Hall–Kier alpha value is -3.15. The van der Waals surface area contributed by atoms with E-state index in [0.29, 0.717) is 17.9 Å². The molecule has 0 aliphatic carbocycles. The first kappa shape index (κ1) is 22.5. The fourth-order valence-electron chi connectivity index (χ4n) is 4.24. The van der Waals surface area contributed by atoms with Gasteiger partial charge in [0, 0.05) is 11.1 Å². The van der Waals surface area contributed by atoms with Crippen molar-refractivity contribution in [3.63, 3.8) is 0 Å². The van der Waals surface area contributed by atoms with Gasteiger partial charge in [-0.1, -0.05) is 56.3 Å². The lowest BCUT2D eigenvalue weighted by Crippen LogP contribution is -2.61. The molecule has 0 spiro atoms. The lowest BCUT2D eigenvalue weighted by atomic mass is 9.86. The average molecular weight is 421 g/mol. The van der Waals surface area contributed by atoms with Crippen LogP contribution < -0.4 is 10.6 Å². The molecule has 2 aromatic carbocycles. The second kappa shape index (κ2) is 9.33. The predicted octanol–water partition coefficient (Wildman–Crippen LogP) is 4.24. The Bertz CT molecular complexity index is 937. The molecule has 0 aromatic heterocycles. The van der Waals surface area contributed by atoms with Crippen molar-refractivity contribution in [3.8, 4) is 0 Å². The number of carbonyl (C=O) groups is 2. The van der Waals surface area contributed by atoms with Gasteiger partial charge in [0.25, 0.3) is 5.91 Å². The van der Waals surface area contributed by atoms with Gasteiger partial charge < -0.3 is 10.6 Å². The summed E-state index contributed by atoms with van der Waals surface area (Å²) in [6.45, 7) is 8.43. The highest BCUT2D eigenvalue weighted by Gasteiger charge is 2.38. The van der Waals surface area contributed by atoms with Gasteiger partial charge in [0.1, 0.15) is 0 Å². The van der Waals surface area contributed by atoms with Crippen molar-refractivity contribution in [3.05, 3.63) is 71.3 Å². The number of nitrogens with zero attached hydrogens (tertiary/aromatic N) is 1. The van der Waals surface area contributed by atoms with Crippen LogP contribution in [0.3, 0.4) is 0 Å². The van der Waals surface area contributed by atoms with Gasteiger partial charge in [0.05, 0.1) is 19.0 Å². The molecule has 0 unspecified atom stereocenters. The third-order valence-electron chi connectivity index (χ3n) is 5.57. The molecule has 3 N–H and O–H groups in total. The molecule has 1 fully saturated rings. The zero-order valence-corrected chi connectivity index (χ0v) is 18.7. The van der Waals surface area contributed by atoms with Crippen LogP contribution in [0.1, 0.15) is 68.1 Å². The van der Waals surface area contributed by atoms with E-state index in [1.54, 1.807) is 12.1 Å². The molecular weight excluding hydrogens is 388 g/mol. The number of nitrogens with one attached hydrogen (secondary N) is 3. The van der Waals surface area contributed by atoms with Crippen LogP contribution in [-0.2, 0) is 11.3 Å². The van der Waals surface area contributed by atoms with Crippen molar-refractivity contribution >= 4 is 17.8 Å². The molecule has 6 nitrogen and oxygen atoms in total. The molecule has 6 heteroatoms. The van der Waals surface area contributed by atoms with Crippen LogP contribution in [0.5, 0.6) is 0 Å². The van der Waals surface area contributed by atoms with Crippen LogP contribution in [0.4, 0.5) is 0 Å². The van der Waals surface area contributed by atoms with E-state index in [1.165, 1.54) is 4.90 Å². The zero-order valence-electron chi connectivity index (χ0n) is 18.7. The van der Waals surface area contributed by atoms with Crippen molar-refractivity contribution < 1.29 is 9.59 Å². The zero-order chi connectivity index (χ0) is 22.6. The van der Waals surface area contributed by atoms with Crippen LogP contribution >= 0.6 is 0 Å². The molecule has 1 aliphatic heterocycles. The van der Waals surface area contributed by atoms with Gasteiger partial charge in [-0.25, -0.2) is 0 Å². The summed E-state index contributed by atoms with van der Waals surface area (Å²) in [5, 5.41) is 14.6. The van der Waals surface area contributed by atoms with Crippen molar-refractivity contribution in [2.75, 3.05) is 0 Å². The molecule has 0 bridgehead atoms. The molecule has 1 aliphatic rings. The summed E-state index contributed by atoms with van der Waals surface area (Å²) in [6.07, 6.45) is 1.17. The maximum absolute atomic E-state index is 12.8. The van der Waals surface area contributed by atoms with E-state index in [-0.39, 0.29) is 30.4 Å². The fraction of sp³-hybridized carbons (Fsp3) is 0.400. The van der Waals surface area contributed by atoms with Crippen molar-refractivity contribution in [1.29, 1.82) is 5.41 Å². The lowest BCUT2D eigenvalue weighted by molar-refractivity contribution is -0.131. The molecule has 2 atom stereocenters. The number of carbonyl (C=O) groups excluding carboxylic acids is 2. The molecule has 31 heavy (non-hydrogen) atoms. The molecule has 1 saturated heterocycles. The standard InChI is InChI=1S/C25H32N4O2/c1-17(2)14-25(4)15-22(30)29(24(26)28-25)16-19-9-8-12-21(13-19)23(31)27-18(3)20-10-6-5-7-11-20/h5-13,17-18H,14-16H2,1-4H3,(H2,26,28)(H,27,31)/t18-,25+/m0/s1. The Labute approximate surface area is 184 Å². The number of hydrogen-bond acceptors (Lipinski definition) is 3. The summed E-state index contributed by atoms with van der Waals surface area (Å²) in [7, 11) is 0. The Morgan fingerprint density at radius 3 is 2.52 bits per heavy atom. The van der Waals surface area contributed by atoms with Crippen LogP contribution in [-0.4, -0.2) is 28.2 Å². The third kappa shape index (κ3) is 5.72. The Kier molecular flexibility index (Phi) is 6.78.